The average molecular weight is 294 g/mol. The highest BCUT2D eigenvalue weighted by atomic mass is 16.5. The van der Waals surface area contributed by atoms with Gasteiger partial charge in [-0.1, -0.05) is 30.3 Å². The lowest BCUT2D eigenvalue weighted by Gasteiger charge is -2.33. The first-order valence-corrected chi connectivity index (χ1v) is 6.58. The van der Waals surface area contributed by atoms with Crippen molar-refractivity contribution in [3.63, 3.8) is 0 Å². The topological polar surface area (TPSA) is 107 Å². The van der Waals surface area contributed by atoms with Crippen LogP contribution in [0.5, 0.6) is 0 Å². The lowest BCUT2D eigenvalue weighted by atomic mass is 9.87. The van der Waals surface area contributed by atoms with Gasteiger partial charge in [-0.3, -0.25) is 0 Å². The summed E-state index contributed by atoms with van der Waals surface area (Å²) < 4.78 is 5.49. The molecular formula is C15H18O6. The van der Waals surface area contributed by atoms with E-state index in [1.807, 2.05) is 0 Å². The minimum absolute atomic E-state index is 0.0468. The Bertz CT molecular complexity index is 523. The molecule has 3 atom stereocenters. The molecule has 0 heterocycles. The number of carboxylic acid groups (broad SMARTS) is 1. The summed E-state index contributed by atoms with van der Waals surface area (Å²) in [6.45, 7) is -0.0157. The summed E-state index contributed by atoms with van der Waals surface area (Å²) in [6.07, 6.45) is 0.0357. The third kappa shape index (κ3) is 3.48. The van der Waals surface area contributed by atoms with Gasteiger partial charge in [-0.05, 0) is 17.2 Å². The van der Waals surface area contributed by atoms with Crippen LogP contribution in [0.4, 0.5) is 0 Å². The lowest BCUT2D eigenvalue weighted by molar-refractivity contribution is -0.167. The minimum atomic E-state index is -1.64. The van der Waals surface area contributed by atoms with Crippen LogP contribution in [0.2, 0.25) is 0 Å². The van der Waals surface area contributed by atoms with Gasteiger partial charge < -0.3 is 25.2 Å². The number of carbonyl (C=O) groups is 1. The monoisotopic (exact) mass is 294 g/mol. The van der Waals surface area contributed by atoms with Crippen molar-refractivity contribution in [1.82, 2.24) is 0 Å². The highest BCUT2D eigenvalue weighted by molar-refractivity contribution is 5.80. The molecule has 0 spiro atoms. The van der Waals surface area contributed by atoms with E-state index in [0.29, 0.717) is 0 Å². The van der Waals surface area contributed by atoms with Crippen LogP contribution in [0.1, 0.15) is 17.5 Å². The third-order valence-corrected chi connectivity index (χ3v) is 3.53. The molecule has 1 aromatic rings. The molecule has 2 rings (SSSR count). The van der Waals surface area contributed by atoms with E-state index in [4.69, 9.17) is 9.84 Å². The number of aliphatic hydroxyl groups is 3. The summed E-state index contributed by atoms with van der Waals surface area (Å²) in [5.41, 5.74) is -0.140. The molecule has 1 aliphatic carbocycles. The predicted molar refractivity (Wildman–Crippen MR) is 73.3 cm³/mol. The Labute approximate surface area is 121 Å². The largest absolute Gasteiger partial charge is 0.479 e. The van der Waals surface area contributed by atoms with Gasteiger partial charge in [0, 0.05) is 6.42 Å². The summed E-state index contributed by atoms with van der Waals surface area (Å²) in [5, 5.41) is 37.4. The highest BCUT2D eigenvalue weighted by Gasteiger charge is 2.43. The van der Waals surface area contributed by atoms with E-state index in [2.05, 4.69) is 0 Å². The van der Waals surface area contributed by atoms with Crippen LogP contribution in [0.3, 0.4) is 0 Å². The predicted octanol–water partition coefficient (Wildman–Crippen LogP) is 0.201. The first-order chi connectivity index (χ1) is 9.97. The number of hydrogen-bond acceptors (Lipinski definition) is 5. The standard InChI is InChI=1S/C15H18O6/c16-8-10-1-3-11(4-2-10)9-21-15(14(19)20)6-5-12(17)13(18)7-15/h1-6,12-13,16-18H,7-9H2,(H,19,20)/t12-,13-,15+/m1/s1. The summed E-state index contributed by atoms with van der Waals surface area (Å²) >= 11 is 0. The molecule has 21 heavy (non-hydrogen) atoms. The quantitative estimate of drug-likeness (QED) is 0.578. The van der Waals surface area contributed by atoms with Gasteiger partial charge >= 0.3 is 5.97 Å². The van der Waals surface area contributed by atoms with E-state index in [0.717, 1.165) is 11.1 Å². The SMILES string of the molecule is O=C(O)[C@]1(OCc2ccc(CO)cc2)C=C[C@@H](O)[C@H](O)C1. The van der Waals surface area contributed by atoms with Crippen molar-refractivity contribution < 1.29 is 30.0 Å². The molecule has 6 nitrogen and oxygen atoms in total. The maximum absolute atomic E-state index is 11.4. The number of rotatable bonds is 5. The second-order valence-electron chi connectivity index (χ2n) is 5.08. The minimum Gasteiger partial charge on any atom is -0.479 e. The molecule has 0 unspecified atom stereocenters. The van der Waals surface area contributed by atoms with Crippen LogP contribution in [0, 0.1) is 0 Å². The van der Waals surface area contributed by atoms with Gasteiger partial charge in [0.25, 0.3) is 0 Å². The number of aliphatic carboxylic acids is 1. The van der Waals surface area contributed by atoms with Crippen LogP contribution in [-0.2, 0) is 22.7 Å². The first kappa shape index (κ1) is 15.7. The summed E-state index contributed by atoms with van der Waals surface area (Å²) in [4.78, 5) is 11.4. The maximum atomic E-state index is 11.4. The van der Waals surface area contributed by atoms with Crippen molar-refractivity contribution in [1.29, 1.82) is 0 Å². The van der Waals surface area contributed by atoms with Gasteiger partial charge in [0.2, 0.25) is 0 Å². The van der Waals surface area contributed by atoms with Gasteiger partial charge in [0.1, 0.15) is 0 Å². The Balaban J connectivity index is 2.10. The van der Waals surface area contributed by atoms with Gasteiger partial charge in [0.15, 0.2) is 5.60 Å². The zero-order valence-electron chi connectivity index (χ0n) is 11.3. The average Bonchev–Trinajstić information content (AvgIpc) is 2.49. The van der Waals surface area contributed by atoms with Gasteiger partial charge in [-0.15, -0.1) is 0 Å². The normalized spacial score (nSPS) is 28.5. The Hall–Kier alpha value is -1.73. The van der Waals surface area contributed by atoms with E-state index in [9.17, 15) is 20.1 Å². The van der Waals surface area contributed by atoms with Crippen molar-refractivity contribution in [2.24, 2.45) is 0 Å². The molecule has 0 bridgehead atoms. The fraction of sp³-hybridized carbons (Fsp3) is 0.400. The van der Waals surface area contributed by atoms with Crippen LogP contribution >= 0.6 is 0 Å². The molecule has 4 N–H and O–H groups in total. The molecular weight excluding hydrogens is 276 g/mol. The maximum Gasteiger partial charge on any atom is 0.340 e. The fourth-order valence-corrected chi connectivity index (χ4v) is 2.16. The van der Waals surface area contributed by atoms with Gasteiger partial charge in [-0.2, -0.15) is 0 Å². The smallest absolute Gasteiger partial charge is 0.340 e. The molecule has 0 saturated carbocycles. The second-order valence-corrected chi connectivity index (χ2v) is 5.08. The molecule has 0 amide bonds. The molecule has 0 saturated heterocycles. The van der Waals surface area contributed by atoms with E-state index in [-0.39, 0.29) is 19.6 Å². The Morgan fingerprint density at radius 1 is 1.24 bits per heavy atom. The fourth-order valence-electron chi connectivity index (χ4n) is 2.16. The van der Waals surface area contributed by atoms with Crippen molar-refractivity contribution in [2.75, 3.05) is 0 Å². The van der Waals surface area contributed by atoms with Crippen molar-refractivity contribution >= 4 is 5.97 Å². The number of hydrogen-bond donors (Lipinski definition) is 4. The van der Waals surface area contributed by atoms with E-state index < -0.39 is 23.8 Å². The number of carboxylic acids is 1. The van der Waals surface area contributed by atoms with Crippen LogP contribution < -0.4 is 0 Å². The Kier molecular flexibility index (Phi) is 4.74. The van der Waals surface area contributed by atoms with Crippen molar-refractivity contribution in [2.45, 2.75) is 37.4 Å². The molecule has 1 aliphatic rings. The number of ether oxygens (including phenoxy) is 1. The summed E-state index contributed by atoms with van der Waals surface area (Å²) in [6, 6.07) is 6.92. The number of benzene rings is 1. The summed E-state index contributed by atoms with van der Waals surface area (Å²) in [7, 11) is 0. The van der Waals surface area contributed by atoms with E-state index in [1.54, 1.807) is 24.3 Å². The molecule has 6 heteroatoms. The lowest BCUT2D eigenvalue weighted by Crippen LogP contribution is -2.48. The molecule has 1 aromatic carbocycles. The van der Waals surface area contributed by atoms with Crippen LogP contribution in [0.15, 0.2) is 36.4 Å². The van der Waals surface area contributed by atoms with Crippen LogP contribution in [-0.4, -0.2) is 44.2 Å². The van der Waals surface area contributed by atoms with E-state index in [1.165, 1.54) is 12.2 Å². The molecule has 0 radical (unpaired) electrons. The van der Waals surface area contributed by atoms with E-state index >= 15 is 0 Å². The highest BCUT2D eigenvalue weighted by Crippen LogP contribution is 2.28. The van der Waals surface area contributed by atoms with Gasteiger partial charge in [-0.25, -0.2) is 4.79 Å². The van der Waals surface area contributed by atoms with Crippen LogP contribution in [0.25, 0.3) is 0 Å². The van der Waals surface area contributed by atoms with Crippen molar-refractivity contribution in [3.05, 3.63) is 47.5 Å². The zero-order valence-corrected chi connectivity index (χ0v) is 11.3. The van der Waals surface area contributed by atoms with Crippen molar-refractivity contribution in [3.8, 4) is 0 Å². The molecule has 0 aromatic heterocycles. The Morgan fingerprint density at radius 3 is 2.38 bits per heavy atom. The Morgan fingerprint density at radius 2 is 1.86 bits per heavy atom. The first-order valence-electron chi connectivity index (χ1n) is 6.58. The third-order valence-electron chi connectivity index (χ3n) is 3.53. The second kappa shape index (κ2) is 6.36. The molecule has 114 valence electrons. The summed E-state index contributed by atoms with van der Waals surface area (Å²) in [5.74, 6) is -1.21. The van der Waals surface area contributed by atoms with Gasteiger partial charge in [0.05, 0.1) is 25.4 Å². The molecule has 0 aliphatic heterocycles. The zero-order chi connectivity index (χ0) is 15.5. The number of aliphatic hydroxyl groups excluding tert-OH is 3. The molecule has 0 fully saturated rings.